The number of benzene rings is 1. The fourth-order valence-corrected chi connectivity index (χ4v) is 3.64. The van der Waals surface area contributed by atoms with Gasteiger partial charge in [-0.25, -0.2) is 9.97 Å². The van der Waals surface area contributed by atoms with Gasteiger partial charge in [0, 0.05) is 38.9 Å². The summed E-state index contributed by atoms with van der Waals surface area (Å²) in [5.41, 5.74) is 10.6. The predicted molar refractivity (Wildman–Crippen MR) is 105 cm³/mol. The Kier molecular flexibility index (Phi) is 4.77. The van der Waals surface area contributed by atoms with Gasteiger partial charge in [0.1, 0.15) is 5.52 Å². The van der Waals surface area contributed by atoms with Crippen LogP contribution in [0, 0.1) is 0 Å². The average Bonchev–Trinajstić information content (AvgIpc) is 3.01. The van der Waals surface area contributed by atoms with Crippen molar-refractivity contribution in [3.8, 4) is 0 Å². The number of aromatic nitrogens is 3. The van der Waals surface area contributed by atoms with E-state index in [-0.39, 0.29) is 5.91 Å². The van der Waals surface area contributed by atoms with Crippen molar-refractivity contribution >= 4 is 23.0 Å². The van der Waals surface area contributed by atoms with Gasteiger partial charge in [-0.3, -0.25) is 14.3 Å². The second-order valence-corrected chi connectivity index (χ2v) is 6.83. The number of rotatable bonds is 5. The van der Waals surface area contributed by atoms with Crippen LogP contribution >= 0.6 is 0 Å². The van der Waals surface area contributed by atoms with E-state index in [1.165, 1.54) is 11.1 Å². The third kappa shape index (κ3) is 3.50. The molecule has 0 unspecified atom stereocenters. The minimum Gasteiger partial charge on any atom is -0.369 e. The summed E-state index contributed by atoms with van der Waals surface area (Å²) in [5, 5.41) is 2.98. The number of nitrogens with two attached hydrogens (primary N) is 1. The van der Waals surface area contributed by atoms with Crippen LogP contribution in [0.5, 0.6) is 0 Å². The van der Waals surface area contributed by atoms with Crippen molar-refractivity contribution in [2.75, 3.05) is 25.4 Å². The quantitative estimate of drug-likeness (QED) is 0.721. The molecule has 2 aromatic heterocycles. The van der Waals surface area contributed by atoms with Crippen LogP contribution in [0.1, 0.15) is 28.4 Å². The van der Waals surface area contributed by atoms with Crippen molar-refractivity contribution in [1.29, 1.82) is 0 Å². The molecule has 0 fully saturated rings. The van der Waals surface area contributed by atoms with Crippen LogP contribution in [0.25, 0.3) is 11.2 Å². The number of anilines is 1. The second kappa shape index (κ2) is 7.36. The van der Waals surface area contributed by atoms with Crippen LogP contribution in [-0.2, 0) is 19.5 Å². The third-order valence-corrected chi connectivity index (χ3v) is 5.12. The standard InChI is InChI=1S/C20H24N6O/c1-2-26-18-17(24-20(26)21)11-16(12-23-18)19(27)22-8-10-25-9-7-14-5-3-4-6-15(14)13-25/h3-6,11-12H,2,7-10,13H2,1H3,(H2,21,24)(H,22,27). The van der Waals surface area contributed by atoms with Crippen LogP contribution in [0.15, 0.2) is 36.5 Å². The Morgan fingerprint density at radius 2 is 2.11 bits per heavy atom. The fraction of sp³-hybridized carbons (Fsp3) is 0.350. The van der Waals surface area contributed by atoms with Crippen molar-refractivity contribution in [3.63, 3.8) is 0 Å². The first kappa shape index (κ1) is 17.5. The summed E-state index contributed by atoms with van der Waals surface area (Å²) in [5.74, 6) is 0.286. The van der Waals surface area contributed by atoms with Crippen LogP contribution in [-0.4, -0.2) is 45.0 Å². The van der Waals surface area contributed by atoms with E-state index < -0.39 is 0 Å². The number of amides is 1. The van der Waals surface area contributed by atoms with E-state index in [1.807, 2.05) is 11.5 Å². The molecular weight excluding hydrogens is 340 g/mol. The summed E-state index contributed by atoms with van der Waals surface area (Å²) in [6.07, 6.45) is 2.65. The summed E-state index contributed by atoms with van der Waals surface area (Å²) in [7, 11) is 0. The summed E-state index contributed by atoms with van der Waals surface area (Å²) in [6.45, 7) is 6.07. The maximum absolute atomic E-state index is 12.5. The number of nitrogens with zero attached hydrogens (tertiary/aromatic N) is 4. The molecule has 0 spiro atoms. The molecule has 27 heavy (non-hydrogen) atoms. The molecule has 4 rings (SSSR count). The number of carbonyl (C=O) groups excluding carboxylic acids is 1. The highest BCUT2D eigenvalue weighted by atomic mass is 16.1. The van der Waals surface area contributed by atoms with E-state index in [1.54, 1.807) is 12.3 Å². The van der Waals surface area contributed by atoms with Crippen LogP contribution in [0.2, 0.25) is 0 Å². The number of hydrogen-bond donors (Lipinski definition) is 2. The Bertz CT molecular complexity index is 980. The number of nitrogens with one attached hydrogen (secondary N) is 1. The number of carbonyl (C=O) groups is 1. The highest BCUT2D eigenvalue weighted by Gasteiger charge is 2.16. The molecule has 3 N–H and O–H groups in total. The smallest absolute Gasteiger partial charge is 0.252 e. The summed E-state index contributed by atoms with van der Waals surface area (Å²) in [4.78, 5) is 23.5. The number of nitrogen functional groups attached to an aromatic ring is 1. The number of hydrogen-bond acceptors (Lipinski definition) is 5. The van der Waals surface area contributed by atoms with Gasteiger partial charge in [0.05, 0.1) is 5.56 Å². The van der Waals surface area contributed by atoms with E-state index >= 15 is 0 Å². The molecule has 7 heteroatoms. The molecule has 0 bridgehead atoms. The Morgan fingerprint density at radius 3 is 2.93 bits per heavy atom. The molecule has 1 aliphatic heterocycles. The minimum absolute atomic E-state index is 0.133. The van der Waals surface area contributed by atoms with Crippen LogP contribution in [0.3, 0.4) is 0 Å². The molecule has 140 valence electrons. The van der Waals surface area contributed by atoms with Crippen LogP contribution in [0.4, 0.5) is 5.95 Å². The highest BCUT2D eigenvalue weighted by molar-refractivity contribution is 5.96. The van der Waals surface area contributed by atoms with Gasteiger partial charge in [-0.15, -0.1) is 0 Å². The summed E-state index contributed by atoms with van der Waals surface area (Å²) < 4.78 is 1.82. The normalized spacial score (nSPS) is 14.3. The van der Waals surface area contributed by atoms with Gasteiger partial charge in [0.25, 0.3) is 5.91 Å². The molecule has 7 nitrogen and oxygen atoms in total. The predicted octanol–water partition coefficient (Wildman–Crippen LogP) is 1.82. The largest absolute Gasteiger partial charge is 0.369 e. The van der Waals surface area contributed by atoms with Gasteiger partial charge in [0.2, 0.25) is 5.95 Å². The van der Waals surface area contributed by atoms with Crippen molar-refractivity contribution in [2.24, 2.45) is 0 Å². The molecular formula is C20H24N6O. The first-order chi connectivity index (χ1) is 13.2. The molecule has 0 aliphatic carbocycles. The summed E-state index contributed by atoms with van der Waals surface area (Å²) >= 11 is 0. The van der Waals surface area contributed by atoms with E-state index in [0.29, 0.717) is 35.8 Å². The van der Waals surface area contributed by atoms with Gasteiger partial charge in [-0.2, -0.15) is 0 Å². The molecule has 1 aliphatic rings. The lowest BCUT2D eigenvalue weighted by molar-refractivity contribution is 0.0947. The zero-order chi connectivity index (χ0) is 18.8. The second-order valence-electron chi connectivity index (χ2n) is 6.83. The molecule has 3 heterocycles. The summed E-state index contributed by atoms with van der Waals surface area (Å²) in [6, 6.07) is 10.3. The first-order valence-electron chi connectivity index (χ1n) is 9.35. The molecule has 3 aromatic rings. The van der Waals surface area contributed by atoms with Gasteiger partial charge in [-0.05, 0) is 30.5 Å². The average molecular weight is 364 g/mol. The lowest BCUT2D eigenvalue weighted by atomic mass is 10.00. The lowest BCUT2D eigenvalue weighted by Crippen LogP contribution is -2.37. The van der Waals surface area contributed by atoms with Gasteiger partial charge < -0.3 is 11.1 Å². The topological polar surface area (TPSA) is 89.1 Å². The Morgan fingerprint density at radius 1 is 1.30 bits per heavy atom. The fourth-order valence-electron chi connectivity index (χ4n) is 3.64. The lowest BCUT2D eigenvalue weighted by Gasteiger charge is -2.28. The maximum Gasteiger partial charge on any atom is 0.252 e. The van der Waals surface area contributed by atoms with E-state index in [4.69, 9.17) is 5.73 Å². The van der Waals surface area contributed by atoms with E-state index in [2.05, 4.69) is 44.5 Å². The Labute approximate surface area is 158 Å². The zero-order valence-electron chi connectivity index (χ0n) is 15.5. The molecule has 0 saturated carbocycles. The first-order valence-corrected chi connectivity index (χ1v) is 9.35. The number of pyridine rings is 1. The third-order valence-electron chi connectivity index (χ3n) is 5.12. The molecule has 0 radical (unpaired) electrons. The van der Waals surface area contributed by atoms with Gasteiger partial charge in [0.15, 0.2) is 5.65 Å². The maximum atomic E-state index is 12.5. The van der Waals surface area contributed by atoms with Crippen molar-refractivity contribution in [1.82, 2.24) is 24.8 Å². The number of fused-ring (bicyclic) bond motifs is 2. The van der Waals surface area contributed by atoms with E-state index in [0.717, 1.165) is 26.1 Å². The minimum atomic E-state index is -0.133. The Balaban J connectivity index is 1.35. The van der Waals surface area contributed by atoms with Crippen molar-refractivity contribution in [3.05, 3.63) is 53.2 Å². The molecule has 1 aromatic carbocycles. The van der Waals surface area contributed by atoms with Crippen molar-refractivity contribution < 1.29 is 4.79 Å². The van der Waals surface area contributed by atoms with Crippen LogP contribution < -0.4 is 11.1 Å². The number of aryl methyl sites for hydroxylation is 1. The van der Waals surface area contributed by atoms with Crippen molar-refractivity contribution in [2.45, 2.75) is 26.4 Å². The zero-order valence-corrected chi connectivity index (χ0v) is 15.5. The molecule has 0 saturated heterocycles. The number of imidazole rings is 1. The SMILES string of the molecule is CCn1c(N)nc2cc(C(=O)NCCN3CCc4ccccc4C3)cnc21. The van der Waals surface area contributed by atoms with Gasteiger partial charge in [-0.1, -0.05) is 24.3 Å². The highest BCUT2D eigenvalue weighted by Crippen LogP contribution is 2.18. The Hall–Kier alpha value is -2.93. The molecule has 1 amide bonds. The van der Waals surface area contributed by atoms with Gasteiger partial charge >= 0.3 is 0 Å². The van der Waals surface area contributed by atoms with E-state index in [9.17, 15) is 4.79 Å². The molecule has 0 atom stereocenters. The monoisotopic (exact) mass is 364 g/mol.